The Morgan fingerprint density at radius 3 is 2.66 bits per heavy atom. The van der Waals surface area contributed by atoms with E-state index in [2.05, 4.69) is 19.7 Å². The number of ether oxygens (including phenoxy) is 1. The number of carbonyl (C=O) groups is 1. The topological polar surface area (TPSA) is 99.0 Å². The van der Waals surface area contributed by atoms with Gasteiger partial charge in [0.15, 0.2) is 0 Å². The summed E-state index contributed by atoms with van der Waals surface area (Å²) >= 11 is 1.07. The molecule has 1 aromatic carbocycles. The molecule has 0 fully saturated rings. The molecular formula is C20H17N5O3S. The standard InChI is InChI=1S/C20H17N5O3S/c1-2-28-15-5-3-14(4-6-15)23-16(26)11-25-12-22-18-17(13-7-9-21-10-8-13)24-29-19(18)20(25)27/h3-10,12H,2,11H2,1H3,(H,23,26). The highest BCUT2D eigenvalue weighted by molar-refractivity contribution is 7.13. The van der Waals surface area contributed by atoms with E-state index in [1.165, 1.54) is 10.9 Å². The fraction of sp³-hybridized carbons (Fsp3) is 0.150. The molecule has 0 saturated heterocycles. The lowest BCUT2D eigenvalue weighted by molar-refractivity contribution is -0.116. The molecule has 0 bridgehead atoms. The van der Waals surface area contributed by atoms with Crippen LogP contribution in [-0.2, 0) is 11.3 Å². The Balaban J connectivity index is 1.53. The number of benzene rings is 1. The molecule has 0 aliphatic rings. The summed E-state index contributed by atoms with van der Waals surface area (Å²) in [6.45, 7) is 2.34. The molecule has 146 valence electrons. The van der Waals surface area contributed by atoms with Crippen molar-refractivity contribution in [2.45, 2.75) is 13.5 Å². The van der Waals surface area contributed by atoms with Gasteiger partial charge in [0.25, 0.3) is 5.56 Å². The zero-order chi connectivity index (χ0) is 20.2. The smallest absolute Gasteiger partial charge is 0.273 e. The number of rotatable bonds is 6. The summed E-state index contributed by atoms with van der Waals surface area (Å²) in [5.74, 6) is 0.405. The largest absolute Gasteiger partial charge is 0.494 e. The van der Waals surface area contributed by atoms with Gasteiger partial charge in [-0.15, -0.1) is 0 Å². The lowest BCUT2D eigenvalue weighted by Gasteiger charge is -2.08. The molecule has 29 heavy (non-hydrogen) atoms. The van der Waals surface area contributed by atoms with E-state index in [1.807, 2.05) is 19.1 Å². The van der Waals surface area contributed by atoms with Gasteiger partial charge in [-0.1, -0.05) is 0 Å². The molecule has 3 heterocycles. The predicted octanol–water partition coefficient (Wildman–Crippen LogP) is 2.95. The maximum absolute atomic E-state index is 12.8. The van der Waals surface area contributed by atoms with Crippen LogP contribution in [0.1, 0.15) is 6.92 Å². The van der Waals surface area contributed by atoms with Gasteiger partial charge in [0.05, 0.1) is 12.9 Å². The third kappa shape index (κ3) is 3.99. The molecule has 0 radical (unpaired) electrons. The lowest BCUT2D eigenvalue weighted by Crippen LogP contribution is -2.27. The molecule has 1 N–H and O–H groups in total. The zero-order valence-corrected chi connectivity index (χ0v) is 16.3. The van der Waals surface area contributed by atoms with E-state index in [4.69, 9.17) is 4.74 Å². The number of amides is 1. The Kier molecular flexibility index (Phi) is 5.30. The van der Waals surface area contributed by atoms with E-state index in [9.17, 15) is 9.59 Å². The van der Waals surface area contributed by atoms with Gasteiger partial charge in [-0.25, -0.2) is 4.98 Å². The van der Waals surface area contributed by atoms with Crippen molar-refractivity contribution >= 4 is 33.3 Å². The summed E-state index contributed by atoms with van der Waals surface area (Å²) < 4.78 is 11.4. The summed E-state index contributed by atoms with van der Waals surface area (Å²) in [5.41, 5.74) is 2.32. The van der Waals surface area contributed by atoms with Gasteiger partial charge in [-0.2, -0.15) is 4.37 Å². The summed E-state index contributed by atoms with van der Waals surface area (Å²) in [5, 5.41) is 2.76. The maximum atomic E-state index is 12.8. The molecular weight excluding hydrogens is 390 g/mol. The van der Waals surface area contributed by atoms with Gasteiger partial charge in [0.2, 0.25) is 5.91 Å². The quantitative estimate of drug-likeness (QED) is 0.528. The maximum Gasteiger partial charge on any atom is 0.273 e. The van der Waals surface area contributed by atoms with Crippen molar-refractivity contribution in [2.24, 2.45) is 0 Å². The number of hydrogen-bond donors (Lipinski definition) is 1. The number of fused-ring (bicyclic) bond motifs is 1. The first-order valence-electron chi connectivity index (χ1n) is 8.93. The van der Waals surface area contributed by atoms with E-state index < -0.39 is 0 Å². The Morgan fingerprint density at radius 2 is 1.93 bits per heavy atom. The van der Waals surface area contributed by atoms with Crippen molar-refractivity contribution in [1.82, 2.24) is 18.9 Å². The first-order valence-corrected chi connectivity index (χ1v) is 9.71. The molecule has 0 aliphatic heterocycles. The van der Waals surface area contributed by atoms with Crippen LogP contribution in [0.4, 0.5) is 5.69 Å². The van der Waals surface area contributed by atoms with Gasteiger partial charge in [0.1, 0.15) is 28.2 Å². The van der Waals surface area contributed by atoms with Crippen LogP contribution in [0.5, 0.6) is 5.75 Å². The summed E-state index contributed by atoms with van der Waals surface area (Å²) in [6.07, 6.45) is 4.70. The molecule has 0 aliphatic carbocycles. The predicted molar refractivity (Wildman–Crippen MR) is 111 cm³/mol. The number of nitrogens with zero attached hydrogens (tertiary/aromatic N) is 4. The van der Waals surface area contributed by atoms with Crippen molar-refractivity contribution in [2.75, 3.05) is 11.9 Å². The first kappa shape index (κ1) is 18.8. The molecule has 4 rings (SSSR count). The molecule has 1 amide bonds. The Morgan fingerprint density at radius 1 is 1.17 bits per heavy atom. The molecule has 0 unspecified atom stereocenters. The van der Waals surface area contributed by atoms with Gasteiger partial charge in [-0.3, -0.25) is 19.1 Å². The number of carbonyl (C=O) groups excluding carboxylic acids is 1. The van der Waals surface area contributed by atoms with Crippen LogP contribution < -0.4 is 15.6 Å². The minimum absolute atomic E-state index is 0.141. The summed E-state index contributed by atoms with van der Waals surface area (Å²) in [7, 11) is 0. The third-order valence-corrected chi connectivity index (χ3v) is 4.99. The van der Waals surface area contributed by atoms with Crippen LogP contribution in [-0.4, -0.2) is 31.4 Å². The Labute approximate surface area is 170 Å². The van der Waals surface area contributed by atoms with E-state index in [0.29, 0.717) is 28.2 Å². The molecule has 0 atom stereocenters. The van der Waals surface area contributed by atoms with Crippen LogP contribution >= 0.6 is 11.5 Å². The summed E-state index contributed by atoms with van der Waals surface area (Å²) in [4.78, 5) is 33.5. The van der Waals surface area contributed by atoms with Gasteiger partial charge in [0, 0.05) is 23.6 Å². The zero-order valence-electron chi connectivity index (χ0n) is 15.5. The third-order valence-electron chi connectivity index (χ3n) is 4.17. The highest BCUT2D eigenvalue weighted by Crippen LogP contribution is 2.26. The molecule has 0 saturated carbocycles. The van der Waals surface area contributed by atoms with Crippen molar-refractivity contribution < 1.29 is 9.53 Å². The van der Waals surface area contributed by atoms with Crippen molar-refractivity contribution in [3.05, 3.63) is 65.5 Å². The average molecular weight is 407 g/mol. The molecule has 0 spiro atoms. The van der Waals surface area contributed by atoms with Crippen molar-refractivity contribution in [3.63, 3.8) is 0 Å². The second kappa shape index (κ2) is 8.19. The van der Waals surface area contributed by atoms with E-state index in [-0.39, 0.29) is 18.0 Å². The van der Waals surface area contributed by atoms with Crippen LogP contribution in [0.2, 0.25) is 0 Å². The van der Waals surface area contributed by atoms with Crippen molar-refractivity contribution in [3.8, 4) is 17.0 Å². The lowest BCUT2D eigenvalue weighted by atomic mass is 10.2. The van der Waals surface area contributed by atoms with Crippen LogP contribution in [0.25, 0.3) is 21.5 Å². The van der Waals surface area contributed by atoms with Gasteiger partial charge < -0.3 is 10.1 Å². The first-order chi connectivity index (χ1) is 14.2. The normalized spacial score (nSPS) is 10.8. The Hall–Kier alpha value is -3.59. The monoisotopic (exact) mass is 407 g/mol. The second-order valence-corrected chi connectivity index (χ2v) is 6.90. The number of pyridine rings is 1. The molecule has 3 aromatic heterocycles. The number of anilines is 1. The van der Waals surface area contributed by atoms with E-state index in [1.54, 1.807) is 36.7 Å². The van der Waals surface area contributed by atoms with E-state index >= 15 is 0 Å². The molecule has 8 nitrogen and oxygen atoms in total. The van der Waals surface area contributed by atoms with E-state index in [0.717, 1.165) is 22.8 Å². The average Bonchev–Trinajstić information content (AvgIpc) is 3.17. The van der Waals surface area contributed by atoms with Crippen LogP contribution in [0.15, 0.2) is 59.9 Å². The number of nitrogens with one attached hydrogen (secondary N) is 1. The molecule has 4 aromatic rings. The Bertz CT molecular complexity index is 1200. The fourth-order valence-corrected chi connectivity index (χ4v) is 3.63. The second-order valence-electron chi connectivity index (χ2n) is 6.13. The SMILES string of the molecule is CCOc1ccc(NC(=O)Cn2cnc3c(-c4ccncc4)nsc3c2=O)cc1. The fourth-order valence-electron chi connectivity index (χ4n) is 2.82. The highest BCUT2D eigenvalue weighted by atomic mass is 32.1. The van der Waals surface area contributed by atoms with Gasteiger partial charge >= 0.3 is 0 Å². The minimum atomic E-state index is -0.323. The minimum Gasteiger partial charge on any atom is -0.494 e. The molecule has 9 heteroatoms. The number of hydrogen-bond acceptors (Lipinski definition) is 7. The van der Waals surface area contributed by atoms with Gasteiger partial charge in [-0.05, 0) is 54.9 Å². The van der Waals surface area contributed by atoms with Crippen LogP contribution in [0, 0.1) is 0 Å². The summed E-state index contributed by atoms with van der Waals surface area (Å²) in [6, 6.07) is 10.7. The number of aromatic nitrogens is 4. The van der Waals surface area contributed by atoms with Crippen molar-refractivity contribution in [1.29, 1.82) is 0 Å². The van der Waals surface area contributed by atoms with Crippen LogP contribution in [0.3, 0.4) is 0 Å². The highest BCUT2D eigenvalue weighted by Gasteiger charge is 2.15.